The average molecular weight is 281 g/mol. The molecule has 0 aliphatic heterocycles. The van der Waals surface area contributed by atoms with Gasteiger partial charge >= 0.3 is 0 Å². The summed E-state index contributed by atoms with van der Waals surface area (Å²) in [6.45, 7) is 0.585. The second-order valence-corrected chi connectivity index (χ2v) is 5.64. The van der Waals surface area contributed by atoms with Crippen LogP contribution in [0.1, 0.15) is 5.56 Å². The molecule has 2 N–H and O–H groups in total. The number of ether oxygens (including phenoxy) is 1. The Hall–Kier alpha value is -1.86. The number of hydrogen-bond donors (Lipinski definition) is 1. The van der Waals surface area contributed by atoms with E-state index in [4.69, 9.17) is 9.88 Å². The van der Waals surface area contributed by atoms with Gasteiger partial charge in [0, 0.05) is 12.7 Å². The Kier molecular flexibility index (Phi) is 3.87. The molecule has 0 aliphatic rings. The van der Waals surface area contributed by atoms with Crippen LogP contribution in [0.2, 0.25) is 0 Å². The molecule has 0 aliphatic carbocycles. The van der Waals surface area contributed by atoms with E-state index in [-0.39, 0.29) is 4.90 Å². The molecule has 19 heavy (non-hydrogen) atoms. The number of aryl methyl sites for hydroxylation is 2. The van der Waals surface area contributed by atoms with Crippen molar-refractivity contribution in [3.05, 3.63) is 42.2 Å². The fraction of sp³-hybridized carbons (Fsp3) is 0.250. The van der Waals surface area contributed by atoms with Gasteiger partial charge in [-0.25, -0.2) is 13.6 Å². The Balaban J connectivity index is 2.00. The van der Waals surface area contributed by atoms with Crippen molar-refractivity contribution in [2.75, 3.05) is 7.11 Å². The van der Waals surface area contributed by atoms with Crippen molar-refractivity contribution < 1.29 is 13.2 Å². The number of benzene rings is 1. The van der Waals surface area contributed by atoms with E-state index in [1.807, 2.05) is 24.3 Å². The molecule has 0 unspecified atom stereocenters. The van der Waals surface area contributed by atoms with Gasteiger partial charge in [0.15, 0.2) is 0 Å². The minimum Gasteiger partial charge on any atom is -0.497 e. The quantitative estimate of drug-likeness (QED) is 0.877. The smallest absolute Gasteiger partial charge is 0.241 e. The molecule has 0 saturated carbocycles. The molecule has 0 spiro atoms. The average Bonchev–Trinajstić information content (AvgIpc) is 2.86. The van der Waals surface area contributed by atoms with Gasteiger partial charge in [0.25, 0.3) is 0 Å². The zero-order valence-corrected chi connectivity index (χ0v) is 11.3. The molecule has 0 radical (unpaired) electrons. The lowest BCUT2D eigenvalue weighted by Gasteiger charge is -2.03. The summed E-state index contributed by atoms with van der Waals surface area (Å²) in [6.07, 6.45) is 3.43. The number of primary sulfonamides is 1. The van der Waals surface area contributed by atoms with Crippen LogP contribution < -0.4 is 9.88 Å². The number of aromatic nitrogens is 2. The zero-order chi connectivity index (χ0) is 13.9. The molecular weight excluding hydrogens is 266 g/mol. The largest absolute Gasteiger partial charge is 0.497 e. The van der Waals surface area contributed by atoms with Crippen molar-refractivity contribution in [3.63, 3.8) is 0 Å². The predicted octanol–water partition coefficient (Wildman–Crippen LogP) is 0.782. The summed E-state index contributed by atoms with van der Waals surface area (Å²) in [7, 11) is -2.06. The van der Waals surface area contributed by atoms with E-state index in [0.29, 0.717) is 6.54 Å². The molecule has 1 heterocycles. The van der Waals surface area contributed by atoms with Crippen molar-refractivity contribution in [3.8, 4) is 5.75 Å². The molecule has 0 saturated heterocycles. The lowest BCUT2D eigenvalue weighted by molar-refractivity contribution is 0.414. The summed E-state index contributed by atoms with van der Waals surface area (Å²) < 4.78 is 28.8. The summed E-state index contributed by atoms with van der Waals surface area (Å²) in [5.74, 6) is 0.805. The van der Waals surface area contributed by atoms with Gasteiger partial charge in [-0.1, -0.05) is 12.1 Å². The molecular formula is C12H15N3O3S. The van der Waals surface area contributed by atoms with E-state index in [1.165, 1.54) is 12.4 Å². The second-order valence-electron chi connectivity index (χ2n) is 4.08. The molecule has 7 heteroatoms. The number of rotatable bonds is 5. The lowest BCUT2D eigenvalue weighted by Crippen LogP contribution is -2.11. The van der Waals surface area contributed by atoms with Crippen molar-refractivity contribution in [1.29, 1.82) is 0 Å². The van der Waals surface area contributed by atoms with Crippen LogP contribution in [0.15, 0.2) is 41.6 Å². The molecule has 0 amide bonds. The Morgan fingerprint density at radius 1 is 1.32 bits per heavy atom. The SMILES string of the molecule is COc1ccc(CCn2cc(S(N)(=O)=O)cn2)cc1. The second kappa shape index (κ2) is 5.41. The molecule has 2 rings (SSSR count). The topological polar surface area (TPSA) is 87.2 Å². The highest BCUT2D eigenvalue weighted by molar-refractivity contribution is 7.89. The molecule has 1 aromatic carbocycles. The molecule has 6 nitrogen and oxygen atoms in total. The van der Waals surface area contributed by atoms with Crippen LogP contribution in [-0.4, -0.2) is 25.3 Å². The maximum atomic E-state index is 11.1. The number of nitrogens with zero attached hydrogens (tertiary/aromatic N) is 2. The Bertz CT molecular complexity index is 647. The minimum absolute atomic E-state index is 0.0298. The van der Waals surface area contributed by atoms with Gasteiger partial charge < -0.3 is 4.74 Å². The van der Waals surface area contributed by atoms with E-state index in [2.05, 4.69) is 5.10 Å². The highest BCUT2D eigenvalue weighted by Gasteiger charge is 2.10. The summed E-state index contributed by atoms with van der Waals surface area (Å²) in [4.78, 5) is 0.0298. The van der Waals surface area contributed by atoms with Crippen molar-refractivity contribution in [2.45, 2.75) is 17.9 Å². The van der Waals surface area contributed by atoms with Crippen LogP contribution in [0, 0.1) is 0 Å². The fourth-order valence-electron chi connectivity index (χ4n) is 1.65. The molecule has 102 valence electrons. The van der Waals surface area contributed by atoms with Crippen molar-refractivity contribution in [1.82, 2.24) is 9.78 Å². The van der Waals surface area contributed by atoms with E-state index in [1.54, 1.807) is 11.8 Å². The zero-order valence-electron chi connectivity index (χ0n) is 10.5. The Morgan fingerprint density at radius 2 is 2.00 bits per heavy atom. The van der Waals surface area contributed by atoms with Crippen LogP contribution in [0.25, 0.3) is 0 Å². The van der Waals surface area contributed by atoms with Gasteiger partial charge in [-0.2, -0.15) is 5.10 Å². The standard InChI is InChI=1S/C12H15N3O3S/c1-18-11-4-2-10(3-5-11)6-7-15-9-12(8-14-15)19(13,16)17/h2-5,8-9H,6-7H2,1H3,(H2,13,16,17). The highest BCUT2D eigenvalue weighted by atomic mass is 32.2. The molecule has 2 aromatic rings. The third-order valence-electron chi connectivity index (χ3n) is 2.73. The highest BCUT2D eigenvalue weighted by Crippen LogP contribution is 2.12. The third kappa shape index (κ3) is 3.55. The summed E-state index contributed by atoms with van der Waals surface area (Å²) >= 11 is 0. The first-order chi connectivity index (χ1) is 8.99. The minimum atomic E-state index is -3.67. The monoisotopic (exact) mass is 281 g/mol. The van der Waals surface area contributed by atoms with Gasteiger partial charge in [0.1, 0.15) is 10.6 Å². The Labute approximate surface area is 111 Å². The van der Waals surface area contributed by atoms with Gasteiger partial charge in [-0.05, 0) is 24.1 Å². The third-order valence-corrected chi connectivity index (χ3v) is 3.59. The number of hydrogen-bond acceptors (Lipinski definition) is 4. The van der Waals surface area contributed by atoms with E-state index in [9.17, 15) is 8.42 Å². The van der Waals surface area contributed by atoms with Crippen LogP contribution in [0.5, 0.6) is 5.75 Å². The number of nitrogens with two attached hydrogens (primary N) is 1. The van der Waals surface area contributed by atoms with Gasteiger partial charge in [-0.3, -0.25) is 4.68 Å². The predicted molar refractivity (Wildman–Crippen MR) is 70.3 cm³/mol. The van der Waals surface area contributed by atoms with Gasteiger partial charge in [-0.15, -0.1) is 0 Å². The summed E-state index contributed by atoms with van der Waals surface area (Å²) in [5.41, 5.74) is 1.12. The van der Waals surface area contributed by atoms with Crippen molar-refractivity contribution in [2.24, 2.45) is 5.14 Å². The number of sulfonamides is 1. The van der Waals surface area contributed by atoms with Crippen molar-refractivity contribution >= 4 is 10.0 Å². The normalized spacial score (nSPS) is 11.5. The van der Waals surface area contributed by atoms with E-state index < -0.39 is 10.0 Å². The lowest BCUT2D eigenvalue weighted by atomic mass is 10.1. The summed E-state index contributed by atoms with van der Waals surface area (Å²) in [6, 6.07) is 7.69. The maximum Gasteiger partial charge on any atom is 0.241 e. The molecule has 0 atom stereocenters. The summed E-state index contributed by atoms with van der Waals surface area (Å²) in [5, 5.41) is 8.98. The van der Waals surface area contributed by atoms with E-state index in [0.717, 1.165) is 17.7 Å². The van der Waals surface area contributed by atoms with Gasteiger partial charge in [0.05, 0.1) is 13.3 Å². The van der Waals surface area contributed by atoms with E-state index >= 15 is 0 Å². The van der Waals surface area contributed by atoms with Crippen LogP contribution in [-0.2, 0) is 23.0 Å². The van der Waals surface area contributed by atoms with Gasteiger partial charge in [0.2, 0.25) is 10.0 Å². The Morgan fingerprint density at radius 3 is 2.53 bits per heavy atom. The first kappa shape index (κ1) is 13.6. The first-order valence-electron chi connectivity index (χ1n) is 5.67. The molecule has 0 fully saturated rings. The first-order valence-corrected chi connectivity index (χ1v) is 7.22. The van der Waals surface area contributed by atoms with Crippen LogP contribution >= 0.6 is 0 Å². The molecule has 1 aromatic heterocycles. The van der Waals surface area contributed by atoms with Crippen LogP contribution in [0.4, 0.5) is 0 Å². The number of methoxy groups -OCH3 is 1. The maximum absolute atomic E-state index is 11.1. The fourth-order valence-corrected chi connectivity index (χ4v) is 2.11. The molecule has 0 bridgehead atoms. The van der Waals surface area contributed by atoms with Crippen LogP contribution in [0.3, 0.4) is 0 Å².